The fourth-order valence-corrected chi connectivity index (χ4v) is 4.26. The minimum atomic E-state index is -0.175. The molecule has 0 saturated carbocycles. The molecule has 140 valence electrons. The van der Waals surface area contributed by atoms with Crippen molar-refractivity contribution < 1.29 is 9.53 Å². The number of carbonyl (C=O) groups is 1. The summed E-state index contributed by atoms with van der Waals surface area (Å²) in [6.45, 7) is 6.26. The number of nitrogens with one attached hydrogen (secondary N) is 2. The Labute approximate surface area is 177 Å². The van der Waals surface area contributed by atoms with Crippen molar-refractivity contribution in [2.75, 3.05) is 11.9 Å². The van der Waals surface area contributed by atoms with E-state index in [0.717, 1.165) is 27.0 Å². The maximum Gasteiger partial charge on any atom is 0.260 e. The van der Waals surface area contributed by atoms with Crippen LogP contribution in [0.3, 0.4) is 0 Å². The number of halogens is 1. The molecule has 1 fully saturated rings. The van der Waals surface area contributed by atoms with Gasteiger partial charge in [-0.25, -0.2) is 0 Å². The smallest absolute Gasteiger partial charge is 0.260 e. The Bertz CT molecular complexity index is 865. The number of hydrogen-bond acceptors (Lipinski definition) is 4. The summed E-state index contributed by atoms with van der Waals surface area (Å²) in [4.78, 5) is 13.0. The second kappa shape index (κ2) is 9.32. The molecule has 1 heterocycles. The van der Waals surface area contributed by atoms with E-state index in [9.17, 15) is 4.79 Å². The van der Waals surface area contributed by atoms with Gasteiger partial charge >= 0.3 is 0 Å². The standard InChI is InChI=1S/C21H21IN2O2S/c1-3-11-26-18-10-7-15(12-17(18)22)13-19-20(25)24-21(27-19)23-16-8-5-14(4-2)6-9-16/h3,5-10,12-13,21,23H,1,4,11H2,2H3,(H,24,25)/b19-13-/t21-/m1/s1. The molecule has 1 saturated heterocycles. The van der Waals surface area contributed by atoms with Gasteiger partial charge in [0.25, 0.3) is 5.91 Å². The highest BCUT2D eigenvalue weighted by Crippen LogP contribution is 2.31. The summed E-state index contributed by atoms with van der Waals surface area (Å²) in [6.07, 6.45) is 4.63. The third-order valence-electron chi connectivity index (χ3n) is 4.00. The molecule has 0 bridgehead atoms. The highest BCUT2D eigenvalue weighted by molar-refractivity contribution is 14.1. The van der Waals surface area contributed by atoms with Gasteiger partial charge in [0.2, 0.25) is 0 Å². The van der Waals surface area contributed by atoms with Crippen LogP contribution in [0.4, 0.5) is 5.69 Å². The van der Waals surface area contributed by atoms with Crippen LogP contribution in [0.25, 0.3) is 6.08 Å². The molecule has 1 atom stereocenters. The summed E-state index contributed by atoms with van der Waals surface area (Å²) < 4.78 is 6.59. The maximum absolute atomic E-state index is 12.3. The van der Waals surface area contributed by atoms with Crippen LogP contribution in [-0.4, -0.2) is 18.0 Å². The minimum Gasteiger partial charge on any atom is -0.488 e. The van der Waals surface area contributed by atoms with Gasteiger partial charge in [0.1, 0.15) is 12.4 Å². The quantitative estimate of drug-likeness (QED) is 0.324. The van der Waals surface area contributed by atoms with Gasteiger partial charge in [0.15, 0.2) is 5.50 Å². The molecule has 0 spiro atoms. The van der Waals surface area contributed by atoms with Crippen LogP contribution in [0.15, 0.2) is 60.0 Å². The van der Waals surface area contributed by atoms with Crippen molar-refractivity contribution >= 4 is 52.0 Å². The fraction of sp³-hybridized carbons (Fsp3) is 0.190. The van der Waals surface area contributed by atoms with Crippen LogP contribution < -0.4 is 15.4 Å². The summed E-state index contributed by atoms with van der Waals surface area (Å²) >= 11 is 3.72. The maximum atomic E-state index is 12.3. The summed E-state index contributed by atoms with van der Waals surface area (Å²) in [5, 5.41) is 6.30. The summed E-state index contributed by atoms with van der Waals surface area (Å²) in [5.41, 5.74) is 3.07. The number of carbonyl (C=O) groups excluding carboxylic acids is 1. The van der Waals surface area contributed by atoms with Crippen molar-refractivity contribution in [2.24, 2.45) is 0 Å². The zero-order valence-corrected chi connectivity index (χ0v) is 18.0. The third-order valence-corrected chi connectivity index (χ3v) is 5.87. The first-order valence-electron chi connectivity index (χ1n) is 8.67. The van der Waals surface area contributed by atoms with Crippen LogP contribution in [0.2, 0.25) is 0 Å². The lowest BCUT2D eigenvalue weighted by Gasteiger charge is -2.12. The first-order valence-corrected chi connectivity index (χ1v) is 10.6. The second-order valence-corrected chi connectivity index (χ2v) is 8.27. The van der Waals surface area contributed by atoms with E-state index in [1.807, 2.05) is 36.4 Å². The molecule has 1 aliphatic heterocycles. The third kappa shape index (κ3) is 5.29. The van der Waals surface area contributed by atoms with Crippen molar-refractivity contribution in [3.05, 3.63) is 74.7 Å². The number of amides is 1. The zero-order chi connectivity index (χ0) is 19.2. The SMILES string of the molecule is C=CCOc1ccc(/C=C2\S[C@H](Nc3ccc(CC)cc3)NC2=O)cc1I. The Hall–Kier alpha value is -1.93. The monoisotopic (exact) mass is 492 g/mol. The number of ether oxygens (including phenoxy) is 1. The lowest BCUT2D eigenvalue weighted by atomic mass is 10.1. The lowest BCUT2D eigenvalue weighted by Crippen LogP contribution is -2.30. The Morgan fingerprint density at radius 1 is 1.30 bits per heavy atom. The topological polar surface area (TPSA) is 50.4 Å². The number of anilines is 1. The minimum absolute atomic E-state index is 0.0651. The van der Waals surface area contributed by atoms with Crippen molar-refractivity contribution in [1.82, 2.24) is 5.32 Å². The lowest BCUT2D eigenvalue weighted by molar-refractivity contribution is -0.116. The van der Waals surface area contributed by atoms with E-state index in [4.69, 9.17) is 4.74 Å². The molecule has 27 heavy (non-hydrogen) atoms. The van der Waals surface area contributed by atoms with Crippen molar-refractivity contribution in [2.45, 2.75) is 18.8 Å². The molecule has 2 aromatic carbocycles. The molecular weight excluding hydrogens is 471 g/mol. The molecule has 4 nitrogen and oxygen atoms in total. The van der Waals surface area contributed by atoms with E-state index in [1.54, 1.807) is 6.08 Å². The molecule has 0 aliphatic carbocycles. The summed E-state index contributed by atoms with van der Waals surface area (Å²) in [6, 6.07) is 14.1. The van der Waals surface area contributed by atoms with E-state index >= 15 is 0 Å². The highest BCUT2D eigenvalue weighted by Gasteiger charge is 2.27. The van der Waals surface area contributed by atoms with E-state index in [2.05, 4.69) is 58.9 Å². The van der Waals surface area contributed by atoms with Crippen LogP contribution in [-0.2, 0) is 11.2 Å². The van der Waals surface area contributed by atoms with Crippen molar-refractivity contribution in [1.29, 1.82) is 0 Å². The van der Waals surface area contributed by atoms with Gasteiger partial charge in [0, 0.05) is 5.69 Å². The van der Waals surface area contributed by atoms with Crippen LogP contribution >= 0.6 is 34.4 Å². The average molecular weight is 492 g/mol. The van der Waals surface area contributed by atoms with E-state index in [-0.39, 0.29) is 11.4 Å². The molecule has 2 aromatic rings. The van der Waals surface area contributed by atoms with Gasteiger partial charge in [-0.15, -0.1) is 0 Å². The molecule has 1 aliphatic rings. The van der Waals surface area contributed by atoms with E-state index < -0.39 is 0 Å². The van der Waals surface area contributed by atoms with Crippen LogP contribution in [0.5, 0.6) is 5.75 Å². The first kappa shape index (κ1) is 19.8. The van der Waals surface area contributed by atoms with Gasteiger partial charge in [-0.05, 0) is 70.5 Å². The van der Waals surface area contributed by atoms with Crippen molar-refractivity contribution in [3.8, 4) is 5.75 Å². The Kier molecular flexibility index (Phi) is 6.84. The Morgan fingerprint density at radius 2 is 2.07 bits per heavy atom. The molecule has 0 unspecified atom stereocenters. The highest BCUT2D eigenvalue weighted by atomic mass is 127. The van der Waals surface area contributed by atoms with Crippen molar-refractivity contribution in [3.63, 3.8) is 0 Å². The number of rotatable bonds is 7. The molecule has 1 amide bonds. The normalized spacial score (nSPS) is 17.6. The number of benzene rings is 2. The summed E-state index contributed by atoms with van der Waals surface area (Å²) in [5.74, 6) is 0.751. The average Bonchev–Trinajstić information content (AvgIpc) is 3.00. The number of thioether (sulfide) groups is 1. The van der Waals surface area contributed by atoms with E-state index in [0.29, 0.717) is 11.5 Å². The zero-order valence-electron chi connectivity index (χ0n) is 15.0. The predicted octanol–water partition coefficient (Wildman–Crippen LogP) is 5.02. The second-order valence-electron chi connectivity index (χ2n) is 5.96. The van der Waals surface area contributed by atoms with Gasteiger partial charge in [0.05, 0.1) is 8.48 Å². The fourth-order valence-electron chi connectivity index (χ4n) is 2.58. The molecular formula is C21H21IN2O2S. The van der Waals surface area contributed by atoms with Gasteiger partial charge < -0.3 is 15.4 Å². The molecule has 6 heteroatoms. The Morgan fingerprint density at radius 3 is 2.74 bits per heavy atom. The van der Waals surface area contributed by atoms with Gasteiger partial charge in [-0.1, -0.05) is 49.5 Å². The van der Waals surface area contributed by atoms with Gasteiger partial charge in [-0.2, -0.15) is 0 Å². The Balaban J connectivity index is 1.67. The molecule has 0 aromatic heterocycles. The number of aryl methyl sites for hydroxylation is 1. The largest absolute Gasteiger partial charge is 0.488 e. The van der Waals surface area contributed by atoms with Crippen LogP contribution in [0, 0.1) is 3.57 Å². The molecule has 3 rings (SSSR count). The van der Waals surface area contributed by atoms with Crippen LogP contribution in [0.1, 0.15) is 18.1 Å². The summed E-state index contributed by atoms with van der Waals surface area (Å²) in [7, 11) is 0. The molecule has 0 radical (unpaired) electrons. The molecule has 2 N–H and O–H groups in total. The van der Waals surface area contributed by atoms with E-state index in [1.165, 1.54) is 17.3 Å². The first-order chi connectivity index (χ1) is 13.1. The van der Waals surface area contributed by atoms with Gasteiger partial charge in [-0.3, -0.25) is 4.79 Å². The predicted molar refractivity (Wildman–Crippen MR) is 122 cm³/mol. The number of hydrogen-bond donors (Lipinski definition) is 2.